The van der Waals surface area contributed by atoms with Crippen LogP contribution < -0.4 is 5.32 Å². The molecular weight excluding hydrogens is 645 g/mol. The Morgan fingerprint density at radius 1 is 0.750 bits per heavy atom. The van der Waals surface area contributed by atoms with Gasteiger partial charge in [0.15, 0.2) is 12.4 Å². The monoisotopic (exact) mass is 711 g/mol. The van der Waals surface area contributed by atoms with E-state index < -0.39 is 75.6 Å². The van der Waals surface area contributed by atoms with Crippen LogP contribution in [0.2, 0.25) is 0 Å². The Labute approximate surface area is 287 Å². The minimum Gasteiger partial charge on any atom is -0.457 e. The van der Waals surface area contributed by atoms with E-state index in [-0.39, 0.29) is 6.42 Å². The maximum absolute atomic E-state index is 12.9. The second-order valence-electron chi connectivity index (χ2n) is 13.3. The molecule has 1 rings (SSSR count). The third-order valence-electron chi connectivity index (χ3n) is 8.80. The quantitative estimate of drug-likeness (QED) is 0.0313. The topological polar surface area (TPSA) is 212 Å². The van der Waals surface area contributed by atoms with Crippen molar-refractivity contribution in [2.45, 2.75) is 198 Å². The highest BCUT2D eigenvalue weighted by Gasteiger charge is 2.50. The number of hydrogen-bond acceptors (Lipinski definition) is 10. The number of carbonyl (C=O) groups excluding carboxylic acids is 2. The molecule has 7 N–H and O–H groups in total. The fraction of sp³-hybridized carbons (Fsp3) is 0.941. The van der Waals surface area contributed by atoms with Crippen molar-refractivity contribution in [3.05, 3.63) is 0 Å². The molecule has 7 atom stereocenters. The highest BCUT2D eigenvalue weighted by molar-refractivity contribution is 7.46. The zero-order valence-electron chi connectivity index (χ0n) is 29.4. The molecule has 13 nitrogen and oxygen atoms in total. The lowest BCUT2D eigenvalue weighted by atomic mass is 9.96. The molecule has 1 heterocycles. The van der Waals surface area contributed by atoms with Crippen LogP contribution in [-0.4, -0.2) is 91.5 Å². The summed E-state index contributed by atoms with van der Waals surface area (Å²) in [7, 11) is -5.21. The molecule has 0 aromatic carbocycles. The molecule has 0 aliphatic carbocycles. The maximum atomic E-state index is 12.9. The molecule has 0 radical (unpaired) electrons. The smallest absolute Gasteiger partial charge is 0.457 e. The van der Waals surface area contributed by atoms with Crippen LogP contribution in [0.15, 0.2) is 0 Å². The Kier molecular flexibility index (Phi) is 24.9. The molecule has 0 saturated carbocycles. The molecular formula is C34H66NO12P. The van der Waals surface area contributed by atoms with Crippen LogP contribution in [-0.2, 0) is 28.2 Å². The Morgan fingerprint density at radius 3 is 1.62 bits per heavy atom. The minimum absolute atomic E-state index is 0.353. The van der Waals surface area contributed by atoms with Crippen molar-refractivity contribution in [1.82, 2.24) is 5.32 Å². The van der Waals surface area contributed by atoms with Crippen LogP contribution in [0, 0.1) is 0 Å². The standard InChI is InChI=1S/C34H66NO12P/c1-3-5-7-9-11-13-15-17-19-21-26(37)23-29(39)35-31-33(32(41)28(25-36)45-34(31)47-48(42,43)44)46-30(40)24-27(38)22-20-18-16-14-12-10-8-6-4-2/h26-28,31-34,36-38,41H,3-25H2,1-2H3,(H,35,39)(H2,42,43,44). The Morgan fingerprint density at radius 2 is 1.19 bits per heavy atom. The van der Waals surface area contributed by atoms with E-state index in [9.17, 15) is 44.4 Å². The summed E-state index contributed by atoms with van der Waals surface area (Å²) in [6.45, 7) is 3.55. The average molecular weight is 712 g/mol. The SMILES string of the molecule is CCCCCCCCCCCC(O)CC(=O)NC1C(OP(=O)(O)O)OC(CO)C(O)C1OC(=O)CC(O)CCCCCCCCCCC. The first-order valence-corrected chi connectivity index (χ1v) is 20.0. The van der Waals surface area contributed by atoms with E-state index in [1.807, 2.05) is 0 Å². The van der Waals surface area contributed by atoms with Crippen LogP contribution >= 0.6 is 7.82 Å². The van der Waals surface area contributed by atoms with Crippen molar-refractivity contribution in [1.29, 1.82) is 0 Å². The fourth-order valence-electron chi connectivity index (χ4n) is 6.02. The van der Waals surface area contributed by atoms with Crippen LogP contribution in [0.25, 0.3) is 0 Å². The molecule has 1 aliphatic heterocycles. The van der Waals surface area contributed by atoms with Gasteiger partial charge in [-0.1, -0.05) is 129 Å². The van der Waals surface area contributed by atoms with Crippen molar-refractivity contribution in [2.24, 2.45) is 0 Å². The van der Waals surface area contributed by atoms with Crippen molar-refractivity contribution in [3.63, 3.8) is 0 Å². The van der Waals surface area contributed by atoms with Gasteiger partial charge in [0.25, 0.3) is 0 Å². The zero-order chi connectivity index (χ0) is 35.8. The van der Waals surface area contributed by atoms with Gasteiger partial charge in [-0.3, -0.25) is 14.1 Å². The lowest BCUT2D eigenvalue weighted by Gasteiger charge is -2.43. The minimum atomic E-state index is -5.21. The summed E-state index contributed by atoms with van der Waals surface area (Å²) >= 11 is 0. The van der Waals surface area contributed by atoms with E-state index in [0.29, 0.717) is 19.3 Å². The summed E-state index contributed by atoms with van der Waals surface area (Å²) in [5.41, 5.74) is 0. The van der Waals surface area contributed by atoms with Gasteiger partial charge in [0, 0.05) is 0 Å². The highest BCUT2D eigenvalue weighted by Crippen LogP contribution is 2.41. The van der Waals surface area contributed by atoms with E-state index in [1.165, 1.54) is 64.2 Å². The summed E-state index contributed by atoms with van der Waals surface area (Å²) in [4.78, 5) is 44.7. The number of nitrogens with one attached hydrogen (secondary N) is 1. The van der Waals surface area contributed by atoms with E-state index in [2.05, 4.69) is 19.2 Å². The van der Waals surface area contributed by atoms with Gasteiger partial charge in [-0.05, 0) is 12.8 Å². The van der Waals surface area contributed by atoms with Gasteiger partial charge in [-0.15, -0.1) is 0 Å². The second kappa shape index (κ2) is 26.6. The van der Waals surface area contributed by atoms with Crippen LogP contribution in [0.5, 0.6) is 0 Å². The summed E-state index contributed by atoms with van der Waals surface area (Å²) < 4.78 is 27.2. The molecule has 14 heteroatoms. The first-order valence-electron chi connectivity index (χ1n) is 18.4. The first kappa shape index (κ1) is 44.9. The number of rotatable bonds is 29. The van der Waals surface area contributed by atoms with Crippen molar-refractivity contribution in [2.75, 3.05) is 6.61 Å². The average Bonchev–Trinajstić information content (AvgIpc) is 3.01. The normalized spacial score (nSPS) is 22.7. The summed E-state index contributed by atoms with van der Waals surface area (Å²) in [5, 5.41) is 43.9. The number of esters is 1. The predicted molar refractivity (Wildman–Crippen MR) is 182 cm³/mol. The number of phosphoric acid groups is 1. The van der Waals surface area contributed by atoms with Crippen molar-refractivity contribution < 1.29 is 58.4 Å². The Balaban J connectivity index is 2.70. The number of aliphatic hydroxyl groups is 4. The molecule has 0 aromatic rings. The molecule has 1 amide bonds. The number of hydrogen-bond donors (Lipinski definition) is 7. The number of phosphoric ester groups is 1. The van der Waals surface area contributed by atoms with Gasteiger partial charge in [0.2, 0.25) is 5.91 Å². The van der Waals surface area contributed by atoms with Crippen LogP contribution in [0.1, 0.15) is 155 Å². The lowest BCUT2D eigenvalue weighted by molar-refractivity contribution is -0.254. The highest BCUT2D eigenvalue weighted by atomic mass is 31.2. The van der Waals surface area contributed by atoms with Gasteiger partial charge in [0.05, 0.1) is 31.7 Å². The zero-order valence-corrected chi connectivity index (χ0v) is 30.3. The van der Waals surface area contributed by atoms with E-state index >= 15 is 0 Å². The van der Waals surface area contributed by atoms with E-state index in [1.54, 1.807) is 0 Å². The number of unbranched alkanes of at least 4 members (excludes halogenated alkanes) is 16. The molecule has 0 bridgehead atoms. The first-order chi connectivity index (χ1) is 22.9. The van der Waals surface area contributed by atoms with Gasteiger partial charge in [0.1, 0.15) is 18.2 Å². The van der Waals surface area contributed by atoms with Crippen LogP contribution in [0.4, 0.5) is 0 Å². The van der Waals surface area contributed by atoms with Gasteiger partial charge < -0.3 is 45.0 Å². The molecule has 284 valence electrons. The molecule has 1 saturated heterocycles. The van der Waals surface area contributed by atoms with E-state index in [4.69, 9.17) is 14.0 Å². The number of amides is 1. The van der Waals surface area contributed by atoms with Crippen molar-refractivity contribution >= 4 is 19.7 Å². The molecule has 1 fully saturated rings. The number of ether oxygens (including phenoxy) is 2. The fourth-order valence-corrected chi connectivity index (χ4v) is 6.47. The van der Waals surface area contributed by atoms with Gasteiger partial charge in [-0.2, -0.15) is 0 Å². The summed E-state index contributed by atoms with van der Waals surface area (Å²) in [6.07, 6.45) is 11.0. The van der Waals surface area contributed by atoms with Gasteiger partial charge >= 0.3 is 13.8 Å². The predicted octanol–water partition coefficient (Wildman–Crippen LogP) is 4.91. The van der Waals surface area contributed by atoms with Gasteiger partial charge in [-0.25, -0.2) is 4.57 Å². The molecule has 1 aliphatic rings. The summed E-state index contributed by atoms with van der Waals surface area (Å²) in [5.74, 6) is -1.66. The second-order valence-corrected chi connectivity index (χ2v) is 14.5. The third-order valence-corrected chi connectivity index (χ3v) is 9.28. The molecule has 48 heavy (non-hydrogen) atoms. The molecule has 7 unspecified atom stereocenters. The maximum Gasteiger partial charge on any atom is 0.472 e. The molecule has 0 aromatic heterocycles. The molecule has 0 spiro atoms. The Bertz CT molecular complexity index is 890. The third kappa shape index (κ3) is 21.2. The lowest BCUT2D eigenvalue weighted by Crippen LogP contribution is -2.65. The Hall–Kier alpha value is -1.15. The largest absolute Gasteiger partial charge is 0.472 e. The number of carbonyl (C=O) groups is 2. The number of aliphatic hydroxyl groups excluding tert-OH is 4. The summed E-state index contributed by atoms with van der Waals surface area (Å²) in [6, 6.07) is -1.60. The van der Waals surface area contributed by atoms with E-state index in [0.717, 1.165) is 44.9 Å². The van der Waals surface area contributed by atoms with Crippen LogP contribution in [0.3, 0.4) is 0 Å². The van der Waals surface area contributed by atoms with Crippen molar-refractivity contribution in [3.8, 4) is 0 Å².